The van der Waals surface area contributed by atoms with Crippen molar-refractivity contribution in [3.8, 4) is 11.5 Å². The van der Waals surface area contributed by atoms with Crippen LogP contribution < -0.4 is 20.1 Å². The number of rotatable bonds is 9. The summed E-state index contributed by atoms with van der Waals surface area (Å²) in [6.45, 7) is 8.08. The molecule has 10 nitrogen and oxygen atoms in total. The third-order valence-electron chi connectivity index (χ3n) is 9.45. The number of fused-ring (bicyclic) bond motifs is 2. The van der Waals surface area contributed by atoms with Crippen molar-refractivity contribution in [2.24, 2.45) is 5.92 Å². The van der Waals surface area contributed by atoms with Crippen molar-refractivity contribution in [3.05, 3.63) is 96.1 Å². The van der Waals surface area contributed by atoms with Gasteiger partial charge < -0.3 is 34.9 Å². The predicted octanol–water partition coefficient (Wildman–Crippen LogP) is 7.42. The number of methoxy groups -OCH3 is 1. The average molecular weight is 697 g/mol. The van der Waals surface area contributed by atoms with Crippen LogP contribution in [-0.2, 0) is 11.3 Å². The Labute approximate surface area is 301 Å². The van der Waals surface area contributed by atoms with Crippen molar-refractivity contribution in [2.75, 3.05) is 51.1 Å². The van der Waals surface area contributed by atoms with E-state index in [-0.39, 0.29) is 30.6 Å². The first-order valence-electron chi connectivity index (χ1n) is 17.9. The van der Waals surface area contributed by atoms with Crippen molar-refractivity contribution in [3.63, 3.8) is 0 Å². The van der Waals surface area contributed by atoms with Gasteiger partial charge in [-0.15, -0.1) is 0 Å². The smallest absolute Gasteiger partial charge is 0.323 e. The molecule has 0 aromatic heterocycles. The summed E-state index contributed by atoms with van der Waals surface area (Å²) in [5, 5.41) is 18.1. The number of benzene rings is 4. The Balaban J connectivity index is 1.37. The minimum absolute atomic E-state index is 0.0553. The first kappa shape index (κ1) is 37.6. The van der Waals surface area contributed by atoms with E-state index in [4.69, 9.17) is 14.2 Å². The third-order valence-corrected chi connectivity index (χ3v) is 9.45. The molecule has 0 saturated heterocycles. The molecule has 4 atom stereocenters. The molecule has 0 radical (unpaired) electrons. The summed E-state index contributed by atoms with van der Waals surface area (Å²) in [5.74, 6) is 0.923. The number of nitrogens with zero attached hydrogens (tertiary/aromatic N) is 2. The summed E-state index contributed by atoms with van der Waals surface area (Å²) < 4.78 is 18.2. The number of amides is 3. The average Bonchev–Trinajstić information content (AvgIpc) is 3.13. The van der Waals surface area contributed by atoms with E-state index in [1.165, 1.54) is 5.56 Å². The number of carbonyl (C=O) groups excluding carboxylic acids is 2. The van der Waals surface area contributed by atoms with Crippen molar-refractivity contribution in [2.45, 2.75) is 64.8 Å². The Hall–Kier alpha value is -4.64. The molecule has 1 aliphatic rings. The van der Waals surface area contributed by atoms with Crippen LogP contribution in [0.25, 0.3) is 10.8 Å². The summed E-state index contributed by atoms with van der Waals surface area (Å²) in [6, 6.07) is 25.9. The Morgan fingerprint density at radius 1 is 1.02 bits per heavy atom. The summed E-state index contributed by atoms with van der Waals surface area (Å²) >= 11 is 0. The van der Waals surface area contributed by atoms with Crippen LogP contribution in [0.15, 0.2) is 84.9 Å². The van der Waals surface area contributed by atoms with Crippen molar-refractivity contribution in [1.82, 2.24) is 9.80 Å². The second-order valence-corrected chi connectivity index (χ2v) is 13.7. The molecule has 3 amide bonds. The number of likely N-dealkylation sites (N-methyl/N-ethyl adjacent to an activating group) is 1. The zero-order chi connectivity index (χ0) is 36.3. The number of aliphatic hydroxyl groups excluding tert-OH is 1. The molecule has 1 aliphatic heterocycles. The van der Waals surface area contributed by atoms with Gasteiger partial charge in [0.15, 0.2) is 0 Å². The van der Waals surface area contributed by atoms with E-state index < -0.39 is 12.1 Å². The topological polar surface area (TPSA) is 113 Å². The second kappa shape index (κ2) is 18.0. The Morgan fingerprint density at radius 2 is 1.78 bits per heavy atom. The van der Waals surface area contributed by atoms with E-state index in [0.717, 1.165) is 42.3 Å². The van der Waals surface area contributed by atoms with Crippen LogP contribution in [0.5, 0.6) is 11.5 Å². The number of ether oxygens (including phenoxy) is 3. The molecule has 0 saturated carbocycles. The predicted molar refractivity (Wildman–Crippen MR) is 203 cm³/mol. The Morgan fingerprint density at radius 3 is 2.55 bits per heavy atom. The highest BCUT2D eigenvalue weighted by Gasteiger charge is 2.30. The third kappa shape index (κ3) is 10.2. The van der Waals surface area contributed by atoms with Gasteiger partial charge in [0, 0.05) is 43.2 Å². The van der Waals surface area contributed by atoms with Crippen molar-refractivity contribution in [1.29, 1.82) is 0 Å². The van der Waals surface area contributed by atoms with E-state index in [1.54, 1.807) is 30.2 Å². The molecule has 10 heteroatoms. The second-order valence-electron chi connectivity index (χ2n) is 13.7. The molecule has 4 aromatic rings. The van der Waals surface area contributed by atoms with Gasteiger partial charge in [0.2, 0.25) is 0 Å². The molecule has 51 heavy (non-hydrogen) atoms. The lowest BCUT2D eigenvalue weighted by atomic mass is 10.0. The summed E-state index contributed by atoms with van der Waals surface area (Å²) in [6.07, 6.45) is 2.28. The van der Waals surface area contributed by atoms with E-state index in [2.05, 4.69) is 41.6 Å². The molecule has 0 aliphatic carbocycles. The highest BCUT2D eigenvalue weighted by molar-refractivity contribution is 6.07. The number of urea groups is 1. The molecular formula is C41H52N4O6. The largest absolute Gasteiger partial charge is 0.497 e. The molecular weight excluding hydrogens is 644 g/mol. The standard InChI is InChI=1S/C41H52N4O6/c1-28-24-45(29(2)27-46)40(47)36-23-33(42-41(48)43-37-15-10-13-32-12-6-7-14-35(32)37)18-21-38(36)51-30(3)11-8-9-22-50-39(28)26-44(4)25-31-16-19-34(49-5)20-17-31/h6-7,10,12-21,23,28-30,39,46H,8-9,11,22,24-27H2,1-5H3,(H2,42,43,48)/t28-,29+,30+,39+/m1/s1. The number of nitrogens with one attached hydrogen (secondary N) is 2. The zero-order valence-electron chi connectivity index (χ0n) is 30.4. The van der Waals surface area contributed by atoms with Gasteiger partial charge in [0.1, 0.15) is 11.5 Å². The summed E-state index contributed by atoms with van der Waals surface area (Å²) in [7, 11) is 3.74. The van der Waals surface area contributed by atoms with Gasteiger partial charge in [0.05, 0.1) is 43.2 Å². The monoisotopic (exact) mass is 696 g/mol. The number of carbonyl (C=O) groups is 2. The molecule has 5 rings (SSSR count). The number of hydrogen-bond donors (Lipinski definition) is 3. The lowest BCUT2D eigenvalue weighted by Gasteiger charge is -2.36. The van der Waals surface area contributed by atoms with Gasteiger partial charge in [-0.3, -0.25) is 9.69 Å². The minimum atomic E-state index is -0.470. The lowest BCUT2D eigenvalue weighted by molar-refractivity contribution is -0.0177. The number of aliphatic hydroxyl groups is 1. The summed E-state index contributed by atoms with van der Waals surface area (Å²) in [4.78, 5) is 31.7. The Bertz CT molecular complexity index is 1740. The highest BCUT2D eigenvalue weighted by atomic mass is 16.5. The number of anilines is 2. The maximum absolute atomic E-state index is 14.5. The van der Waals surface area contributed by atoms with Gasteiger partial charge in [0.25, 0.3) is 5.91 Å². The molecule has 0 unspecified atom stereocenters. The molecule has 1 heterocycles. The van der Waals surface area contributed by atoms with Gasteiger partial charge in [-0.05, 0) is 87.5 Å². The maximum atomic E-state index is 14.5. The van der Waals surface area contributed by atoms with Crippen LogP contribution in [0.4, 0.5) is 16.2 Å². The lowest BCUT2D eigenvalue weighted by Crippen LogP contribution is -2.47. The van der Waals surface area contributed by atoms with Crippen molar-refractivity contribution < 1.29 is 28.9 Å². The fraction of sp³-hybridized carbons (Fsp3) is 0.415. The first-order valence-corrected chi connectivity index (χ1v) is 17.9. The molecule has 3 N–H and O–H groups in total. The van der Waals surface area contributed by atoms with Crippen LogP contribution in [0.1, 0.15) is 56.0 Å². The van der Waals surface area contributed by atoms with E-state index in [9.17, 15) is 14.7 Å². The first-order chi connectivity index (χ1) is 24.6. The maximum Gasteiger partial charge on any atom is 0.323 e. The van der Waals surface area contributed by atoms with Crippen LogP contribution in [0.2, 0.25) is 0 Å². The van der Waals surface area contributed by atoms with Crippen molar-refractivity contribution >= 4 is 34.1 Å². The quantitative estimate of drug-likeness (QED) is 0.167. The SMILES string of the molecule is COc1ccc(CN(C)C[C@@H]2OCCCC[C@H](C)Oc3ccc(NC(=O)Nc4cccc5ccccc45)cc3C(=O)N([C@@H](C)CO)C[C@H]2C)cc1. The molecule has 4 aromatic carbocycles. The fourth-order valence-electron chi connectivity index (χ4n) is 6.50. The minimum Gasteiger partial charge on any atom is -0.497 e. The van der Waals surface area contributed by atoms with Crippen LogP contribution >= 0.6 is 0 Å². The van der Waals surface area contributed by atoms with Crippen LogP contribution in [-0.4, -0.2) is 85.6 Å². The van der Waals surface area contributed by atoms with E-state index in [1.807, 2.05) is 68.4 Å². The molecule has 0 spiro atoms. The number of hydrogen-bond acceptors (Lipinski definition) is 7. The normalized spacial score (nSPS) is 19.5. The van der Waals surface area contributed by atoms with E-state index in [0.29, 0.717) is 42.4 Å². The van der Waals surface area contributed by atoms with Gasteiger partial charge in [-0.2, -0.15) is 0 Å². The van der Waals surface area contributed by atoms with Gasteiger partial charge >= 0.3 is 6.03 Å². The Kier molecular flexibility index (Phi) is 13.3. The highest BCUT2D eigenvalue weighted by Crippen LogP contribution is 2.29. The molecule has 0 fully saturated rings. The molecule has 0 bridgehead atoms. The zero-order valence-corrected chi connectivity index (χ0v) is 30.4. The summed E-state index contributed by atoms with van der Waals surface area (Å²) in [5.41, 5.74) is 2.62. The van der Waals surface area contributed by atoms with Gasteiger partial charge in [-0.1, -0.05) is 55.5 Å². The van der Waals surface area contributed by atoms with Gasteiger partial charge in [-0.25, -0.2) is 4.79 Å². The van der Waals surface area contributed by atoms with Crippen LogP contribution in [0.3, 0.4) is 0 Å². The molecule has 272 valence electrons. The van der Waals surface area contributed by atoms with E-state index >= 15 is 0 Å². The van der Waals surface area contributed by atoms with Crippen LogP contribution in [0, 0.1) is 5.92 Å². The fourth-order valence-corrected chi connectivity index (χ4v) is 6.50.